The fraction of sp³-hybridized carbons (Fsp3) is 0.516. The first-order chi connectivity index (χ1) is 19.0. The van der Waals surface area contributed by atoms with Crippen LogP contribution >= 0.6 is 0 Å². The van der Waals surface area contributed by atoms with Gasteiger partial charge in [-0.25, -0.2) is 9.18 Å². The topological polar surface area (TPSA) is 89.6 Å². The first kappa shape index (κ1) is 28.2. The van der Waals surface area contributed by atoms with Crippen LogP contribution < -0.4 is 10.4 Å². The van der Waals surface area contributed by atoms with Crippen molar-refractivity contribution in [3.05, 3.63) is 64.3 Å². The van der Waals surface area contributed by atoms with E-state index in [1.807, 2.05) is 45.0 Å². The molecule has 2 aromatic carbocycles. The van der Waals surface area contributed by atoms with E-state index in [4.69, 9.17) is 4.74 Å². The Labute approximate surface area is 234 Å². The number of hydrogen-bond acceptors (Lipinski definition) is 6. The molecule has 3 aromatic rings. The van der Waals surface area contributed by atoms with E-state index in [-0.39, 0.29) is 35.4 Å². The Kier molecular flexibility index (Phi) is 7.97. The third-order valence-electron chi connectivity index (χ3n) is 8.03. The Morgan fingerprint density at radius 2 is 1.77 bits per heavy atom. The van der Waals surface area contributed by atoms with E-state index in [0.29, 0.717) is 29.8 Å². The average molecular weight is 551 g/mol. The maximum atomic E-state index is 14.1. The summed E-state index contributed by atoms with van der Waals surface area (Å²) in [7, 11) is 1.38. The molecule has 5 rings (SSSR count). The highest BCUT2D eigenvalue weighted by atomic mass is 19.1. The quantitative estimate of drug-likeness (QED) is 0.425. The minimum Gasteiger partial charge on any atom is -0.494 e. The van der Waals surface area contributed by atoms with Crippen molar-refractivity contribution in [1.82, 2.24) is 19.2 Å². The monoisotopic (exact) mass is 550 g/mol. The smallest absolute Gasteiger partial charge is 0.351 e. The lowest BCUT2D eigenvalue weighted by atomic mass is 9.90. The number of hydrogen-bond donors (Lipinski definition) is 1. The molecular formula is C31H39FN4O4. The second kappa shape index (κ2) is 11.3. The number of aliphatic hydroxyl groups excluding tert-OH is 1. The fourth-order valence-electron chi connectivity index (χ4n) is 6.22. The molecule has 40 heavy (non-hydrogen) atoms. The van der Waals surface area contributed by atoms with Gasteiger partial charge in [-0.15, -0.1) is 5.10 Å². The summed E-state index contributed by atoms with van der Waals surface area (Å²) in [5.41, 5.74) is 1.57. The fourth-order valence-corrected chi connectivity index (χ4v) is 6.22. The summed E-state index contributed by atoms with van der Waals surface area (Å²) in [6, 6.07) is 13.0. The Morgan fingerprint density at radius 1 is 1.10 bits per heavy atom. The molecule has 9 heteroatoms. The number of halogens is 1. The molecule has 3 heterocycles. The molecule has 0 amide bonds. The zero-order chi connectivity index (χ0) is 28.6. The van der Waals surface area contributed by atoms with Crippen molar-refractivity contribution in [1.29, 1.82) is 0 Å². The molecule has 0 saturated carbocycles. The number of aromatic nitrogens is 3. The second-order valence-electron chi connectivity index (χ2n) is 12.4. The summed E-state index contributed by atoms with van der Waals surface area (Å²) in [6.07, 6.45) is 5.07. The Bertz CT molecular complexity index is 1410. The zero-order valence-corrected chi connectivity index (χ0v) is 23.8. The number of fused-ring (bicyclic) bond motifs is 2. The maximum absolute atomic E-state index is 14.1. The number of carbonyl (C=O) groups is 1. The maximum Gasteiger partial charge on any atom is 0.351 e. The van der Waals surface area contributed by atoms with Gasteiger partial charge in [0, 0.05) is 30.6 Å². The van der Waals surface area contributed by atoms with Crippen LogP contribution in [0, 0.1) is 11.2 Å². The van der Waals surface area contributed by atoms with Crippen LogP contribution in [-0.4, -0.2) is 62.0 Å². The van der Waals surface area contributed by atoms with Crippen molar-refractivity contribution >= 4 is 5.78 Å². The van der Waals surface area contributed by atoms with Gasteiger partial charge in [-0.3, -0.25) is 14.3 Å². The van der Waals surface area contributed by atoms with Crippen LogP contribution in [0.1, 0.15) is 58.4 Å². The molecule has 2 unspecified atom stereocenters. The van der Waals surface area contributed by atoms with Gasteiger partial charge in [0.15, 0.2) is 23.2 Å². The Hall–Kier alpha value is -3.30. The van der Waals surface area contributed by atoms with Gasteiger partial charge in [0.25, 0.3) is 0 Å². The normalized spacial score (nSPS) is 21.1. The van der Waals surface area contributed by atoms with E-state index in [2.05, 4.69) is 10.00 Å². The van der Waals surface area contributed by atoms with Gasteiger partial charge in [-0.2, -0.15) is 4.68 Å². The van der Waals surface area contributed by atoms with Gasteiger partial charge in [0.05, 0.1) is 25.4 Å². The number of aliphatic hydroxyl groups is 1. The van der Waals surface area contributed by atoms with Crippen LogP contribution in [0.3, 0.4) is 0 Å². The predicted molar refractivity (Wildman–Crippen MR) is 151 cm³/mol. The van der Waals surface area contributed by atoms with Gasteiger partial charge in [-0.05, 0) is 73.4 Å². The summed E-state index contributed by atoms with van der Waals surface area (Å²) >= 11 is 0. The van der Waals surface area contributed by atoms with Crippen molar-refractivity contribution in [2.75, 3.05) is 13.7 Å². The molecule has 1 N–H and O–H groups in total. The van der Waals surface area contributed by atoms with Gasteiger partial charge in [-0.1, -0.05) is 32.9 Å². The number of Topliss-reactive ketones (excluding diaryl/α,β-unsaturated/α-hetero) is 1. The molecule has 2 fully saturated rings. The van der Waals surface area contributed by atoms with Crippen molar-refractivity contribution in [3.63, 3.8) is 0 Å². The van der Waals surface area contributed by atoms with Crippen LogP contribution in [-0.2, 0) is 17.8 Å². The molecule has 8 nitrogen and oxygen atoms in total. The van der Waals surface area contributed by atoms with Gasteiger partial charge in [0.2, 0.25) is 0 Å². The molecule has 2 saturated heterocycles. The Balaban J connectivity index is 1.40. The highest BCUT2D eigenvalue weighted by Crippen LogP contribution is 2.35. The summed E-state index contributed by atoms with van der Waals surface area (Å²) in [6.45, 7) is 6.75. The molecule has 2 aliphatic rings. The molecule has 2 aliphatic heterocycles. The van der Waals surface area contributed by atoms with Crippen LogP contribution in [0.4, 0.5) is 4.39 Å². The van der Waals surface area contributed by atoms with Crippen molar-refractivity contribution in [2.24, 2.45) is 5.41 Å². The van der Waals surface area contributed by atoms with Crippen LogP contribution in [0.2, 0.25) is 0 Å². The van der Waals surface area contributed by atoms with Crippen molar-refractivity contribution < 1.29 is 19.0 Å². The van der Waals surface area contributed by atoms with Gasteiger partial charge >= 0.3 is 5.69 Å². The molecule has 1 aromatic heterocycles. The van der Waals surface area contributed by atoms with E-state index < -0.39 is 11.5 Å². The van der Waals surface area contributed by atoms with Gasteiger partial charge < -0.3 is 9.84 Å². The summed E-state index contributed by atoms with van der Waals surface area (Å²) in [5.74, 6) is -0.294. The second-order valence-corrected chi connectivity index (χ2v) is 12.4. The molecule has 214 valence electrons. The molecule has 0 radical (unpaired) electrons. The Morgan fingerprint density at radius 3 is 2.40 bits per heavy atom. The molecule has 0 aliphatic carbocycles. The largest absolute Gasteiger partial charge is 0.494 e. The van der Waals surface area contributed by atoms with Crippen LogP contribution in [0.15, 0.2) is 47.3 Å². The molecular weight excluding hydrogens is 511 g/mol. The van der Waals surface area contributed by atoms with Crippen molar-refractivity contribution in [3.8, 4) is 22.8 Å². The van der Waals surface area contributed by atoms with Gasteiger partial charge in [0.1, 0.15) is 0 Å². The lowest BCUT2D eigenvalue weighted by Gasteiger charge is -2.37. The predicted octanol–water partition coefficient (Wildman–Crippen LogP) is 4.38. The van der Waals surface area contributed by atoms with Crippen LogP contribution in [0.5, 0.6) is 5.75 Å². The zero-order valence-electron chi connectivity index (χ0n) is 23.8. The van der Waals surface area contributed by atoms with E-state index in [1.165, 1.54) is 34.6 Å². The minimum atomic E-state index is -0.521. The lowest BCUT2D eigenvalue weighted by Crippen LogP contribution is -2.45. The number of nitrogens with zero attached hydrogens (tertiary/aromatic N) is 4. The number of methoxy groups -OCH3 is 1. The highest BCUT2D eigenvalue weighted by Gasteiger charge is 2.39. The van der Waals surface area contributed by atoms with Crippen molar-refractivity contribution in [2.45, 2.75) is 84.0 Å². The number of ketones is 1. The SMILES string of the molecule is COc1cc(-c2nn(-c3ccc(CCN4C5CCC4CC(O)C5)cc3)c(=O)n2CC(=O)CC(C)(C)C)ccc1F. The average Bonchev–Trinajstić information content (AvgIpc) is 3.34. The first-order valence-electron chi connectivity index (χ1n) is 14.1. The van der Waals surface area contributed by atoms with E-state index in [0.717, 1.165) is 44.2 Å². The summed E-state index contributed by atoms with van der Waals surface area (Å²) in [5, 5.41) is 14.7. The van der Waals surface area contributed by atoms with E-state index in [9.17, 15) is 19.1 Å². The number of ether oxygens (including phenoxy) is 1. The number of piperidine rings is 1. The molecule has 2 bridgehead atoms. The lowest BCUT2D eigenvalue weighted by molar-refractivity contribution is -0.121. The third-order valence-corrected chi connectivity index (χ3v) is 8.03. The molecule has 0 spiro atoms. The summed E-state index contributed by atoms with van der Waals surface area (Å²) in [4.78, 5) is 29.0. The first-order valence-corrected chi connectivity index (χ1v) is 14.1. The number of rotatable bonds is 9. The van der Waals surface area contributed by atoms with E-state index >= 15 is 0 Å². The summed E-state index contributed by atoms with van der Waals surface area (Å²) < 4.78 is 21.9. The third kappa shape index (κ3) is 6.05. The highest BCUT2D eigenvalue weighted by molar-refractivity contribution is 5.79. The minimum absolute atomic E-state index is 0.0353. The van der Waals surface area contributed by atoms with Crippen LogP contribution in [0.25, 0.3) is 17.1 Å². The molecule has 2 atom stereocenters. The standard InChI is InChI=1S/C31H39FN4O4/c1-31(2,3)18-26(38)19-35-29(21-7-12-27(32)28(15-21)40-4)33-36(30(35)39)22-8-5-20(6-9-22)13-14-34-23-10-11-24(34)17-25(37)16-23/h5-9,12,15,23-25,37H,10-11,13-14,16-19H2,1-4H3. The number of benzene rings is 2. The number of carbonyl (C=O) groups excluding carboxylic acids is 1. The van der Waals surface area contributed by atoms with E-state index in [1.54, 1.807) is 0 Å².